The van der Waals surface area contributed by atoms with Crippen molar-refractivity contribution in [3.8, 4) is 0 Å². The summed E-state index contributed by atoms with van der Waals surface area (Å²) in [6, 6.07) is 18.9. The topological polar surface area (TPSA) is 34.1 Å². The quantitative estimate of drug-likeness (QED) is 0.713. The molecule has 2 aromatic rings. The molecule has 0 unspecified atom stereocenters. The minimum atomic E-state index is 0.109. The van der Waals surface area contributed by atoms with Crippen LogP contribution >= 0.6 is 0 Å². The van der Waals surface area contributed by atoms with Gasteiger partial charge in [0, 0.05) is 24.8 Å². The third-order valence-corrected chi connectivity index (χ3v) is 3.20. The summed E-state index contributed by atoms with van der Waals surface area (Å²) in [6.07, 6.45) is 1.98. The first-order valence-corrected chi connectivity index (χ1v) is 6.89. The average molecular weight is 266 g/mol. The smallest absolute Gasteiger partial charge is 0.162 e. The van der Waals surface area contributed by atoms with Gasteiger partial charge in [-0.25, -0.2) is 0 Å². The fraction of sp³-hybridized carbons (Fsp3) is 0.222. The molecule has 2 aromatic carbocycles. The van der Waals surface area contributed by atoms with Crippen LogP contribution in [0.25, 0.3) is 0 Å². The summed E-state index contributed by atoms with van der Waals surface area (Å²) in [7, 11) is 0. The SMILES string of the molecule is O=C(CCCC(=O)c1ccccc1)Cc1ccccc1. The van der Waals surface area contributed by atoms with E-state index in [-0.39, 0.29) is 11.6 Å². The molecule has 0 aliphatic carbocycles. The third-order valence-electron chi connectivity index (χ3n) is 3.20. The summed E-state index contributed by atoms with van der Waals surface area (Å²) in [6.45, 7) is 0. The van der Waals surface area contributed by atoms with Crippen molar-refractivity contribution < 1.29 is 9.59 Å². The number of rotatable bonds is 7. The Kier molecular flexibility index (Phi) is 5.24. The average Bonchev–Trinajstić information content (AvgIpc) is 2.49. The maximum absolute atomic E-state index is 11.9. The van der Waals surface area contributed by atoms with Gasteiger partial charge < -0.3 is 0 Å². The maximum atomic E-state index is 11.9. The molecule has 20 heavy (non-hydrogen) atoms. The largest absolute Gasteiger partial charge is 0.299 e. The Hall–Kier alpha value is -2.22. The van der Waals surface area contributed by atoms with Crippen molar-refractivity contribution in [1.29, 1.82) is 0 Å². The molecule has 0 fully saturated rings. The lowest BCUT2D eigenvalue weighted by atomic mass is 10.0. The van der Waals surface area contributed by atoms with Crippen LogP contribution in [0.3, 0.4) is 0 Å². The predicted molar refractivity (Wildman–Crippen MR) is 79.8 cm³/mol. The number of carbonyl (C=O) groups excluding carboxylic acids is 2. The Morgan fingerprint density at radius 3 is 2.00 bits per heavy atom. The van der Waals surface area contributed by atoms with Gasteiger partial charge in [-0.2, -0.15) is 0 Å². The van der Waals surface area contributed by atoms with Crippen LogP contribution in [0.5, 0.6) is 0 Å². The molecule has 0 aliphatic rings. The van der Waals surface area contributed by atoms with E-state index in [1.165, 1.54) is 0 Å². The van der Waals surface area contributed by atoms with E-state index < -0.39 is 0 Å². The molecule has 0 saturated carbocycles. The fourth-order valence-corrected chi connectivity index (χ4v) is 2.13. The summed E-state index contributed by atoms with van der Waals surface area (Å²) in [4.78, 5) is 23.7. The van der Waals surface area contributed by atoms with Crippen molar-refractivity contribution in [2.24, 2.45) is 0 Å². The Balaban J connectivity index is 1.73. The van der Waals surface area contributed by atoms with Crippen LogP contribution < -0.4 is 0 Å². The normalized spacial score (nSPS) is 10.2. The van der Waals surface area contributed by atoms with E-state index in [9.17, 15) is 9.59 Å². The zero-order valence-electron chi connectivity index (χ0n) is 11.4. The van der Waals surface area contributed by atoms with Crippen molar-refractivity contribution in [3.63, 3.8) is 0 Å². The second-order valence-corrected chi connectivity index (χ2v) is 4.84. The molecule has 0 atom stereocenters. The second kappa shape index (κ2) is 7.39. The van der Waals surface area contributed by atoms with E-state index in [1.54, 1.807) is 0 Å². The van der Waals surface area contributed by atoms with E-state index in [1.807, 2.05) is 60.7 Å². The van der Waals surface area contributed by atoms with Crippen molar-refractivity contribution >= 4 is 11.6 Å². The lowest BCUT2D eigenvalue weighted by Crippen LogP contribution is -2.05. The molecule has 102 valence electrons. The Morgan fingerprint density at radius 2 is 1.35 bits per heavy atom. The predicted octanol–water partition coefficient (Wildman–Crippen LogP) is 3.85. The monoisotopic (exact) mass is 266 g/mol. The lowest BCUT2D eigenvalue weighted by Gasteiger charge is -2.02. The van der Waals surface area contributed by atoms with Crippen LogP contribution in [0.2, 0.25) is 0 Å². The molecule has 0 amide bonds. The summed E-state index contributed by atoms with van der Waals surface area (Å²) in [5.74, 6) is 0.301. The van der Waals surface area contributed by atoms with Gasteiger partial charge in [-0.1, -0.05) is 60.7 Å². The Morgan fingerprint density at radius 1 is 0.750 bits per heavy atom. The molecule has 0 saturated heterocycles. The highest BCUT2D eigenvalue weighted by molar-refractivity contribution is 5.96. The molecule has 2 heteroatoms. The van der Waals surface area contributed by atoms with E-state index in [0.29, 0.717) is 25.7 Å². The van der Waals surface area contributed by atoms with Crippen LogP contribution in [0, 0.1) is 0 Å². The highest BCUT2D eigenvalue weighted by Crippen LogP contribution is 2.09. The molecule has 0 aliphatic heterocycles. The summed E-state index contributed by atoms with van der Waals surface area (Å²) < 4.78 is 0. The molecule has 0 N–H and O–H groups in total. The van der Waals surface area contributed by atoms with Crippen molar-refractivity contribution in [2.45, 2.75) is 25.7 Å². The highest BCUT2D eigenvalue weighted by atomic mass is 16.1. The van der Waals surface area contributed by atoms with Gasteiger partial charge in [0.15, 0.2) is 5.78 Å². The molecule has 0 bridgehead atoms. The van der Waals surface area contributed by atoms with Crippen molar-refractivity contribution in [2.75, 3.05) is 0 Å². The van der Waals surface area contributed by atoms with Crippen LogP contribution in [0.15, 0.2) is 60.7 Å². The first-order chi connectivity index (χ1) is 9.75. The lowest BCUT2D eigenvalue weighted by molar-refractivity contribution is -0.118. The summed E-state index contributed by atoms with van der Waals surface area (Å²) in [5.41, 5.74) is 1.76. The Bertz CT molecular complexity index is 558. The van der Waals surface area contributed by atoms with Crippen LogP contribution in [0.1, 0.15) is 35.2 Å². The van der Waals surface area contributed by atoms with Gasteiger partial charge in [-0.3, -0.25) is 9.59 Å². The number of hydrogen-bond acceptors (Lipinski definition) is 2. The van der Waals surface area contributed by atoms with Gasteiger partial charge in [0.2, 0.25) is 0 Å². The molecular weight excluding hydrogens is 248 g/mol. The standard InChI is InChI=1S/C18H18O2/c19-17(14-15-8-3-1-4-9-15)12-7-13-18(20)16-10-5-2-6-11-16/h1-6,8-11H,7,12-14H2. The second-order valence-electron chi connectivity index (χ2n) is 4.84. The molecule has 0 radical (unpaired) electrons. The van der Waals surface area contributed by atoms with Crippen LogP contribution in [-0.4, -0.2) is 11.6 Å². The maximum Gasteiger partial charge on any atom is 0.162 e. The first kappa shape index (κ1) is 14.2. The number of ketones is 2. The molecule has 2 rings (SSSR count). The van der Waals surface area contributed by atoms with Gasteiger partial charge in [0.25, 0.3) is 0 Å². The van der Waals surface area contributed by atoms with Crippen molar-refractivity contribution in [1.82, 2.24) is 0 Å². The number of hydrogen-bond donors (Lipinski definition) is 0. The van der Waals surface area contributed by atoms with Gasteiger partial charge in [0.1, 0.15) is 5.78 Å². The van der Waals surface area contributed by atoms with Crippen LogP contribution in [0.4, 0.5) is 0 Å². The summed E-state index contributed by atoms with van der Waals surface area (Å²) in [5, 5.41) is 0. The van der Waals surface area contributed by atoms with Gasteiger partial charge in [-0.15, -0.1) is 0 Å². The fourth-order valence-electron chi connectivity index (χ4n) is 2.13. The molecule has 2 nitrogen and oxygen atoms in total. The van der Waals surface area contributed by atoms with E-state index in [0.717, 1.165) is 11.1 Å². The zero-order valence-corrected chi connectivity index (χ0v) is 11.4. The Labute approximate surface area is 119 Å². The van der Waals surface area contributed by atoms with Crippen LogP contribution in [-0.2, 0) is 11.2 Å². The number of Topliss-reactive ketones (excluding diaryl/α,β-unsaturated/α-hetero) is 2. The van der Waals surface area contributed by atoms with Gasteiger partial charge >= 0.3 is 0 Å². The minimum Gasteiger partial charge on any atom is -0.299 e. The van der Waals surface area contributed by atoms with E-state index in [2.05, 4.69) is 0 Å². The van der Waals surface area contributed by atoms with E-state index >= 15 is 0 Å². The van der Waals surface area contributed by atoms with Gasteiger partial charge in [-0.05, 0) is 12.0 Å². The molecular formula is C18H18O2. The number of benzene rings is 2. The third kappa shape index (κ3) is 4.47. The highest BCUT2D eigenvalue weighted by Gasteiger charge is 2.07. The zero-order chi connectivity index (χ0) is 14.2. The van der Waals surface area contributed by atoms with Crippen molar-refractivity contribution in [3.05, 3.63) is 71.8 Å². The minimum absolute atomic E-state index is 0.109. The van der Waals surface area contributed by atoms with E-state index in [4.69, 9.17) is 0 Å². The molecule has 0 heterocycles. The molecule has 0 aromatic heterocycles. The van der Waals surface area contributed by atoms with Gasteiger partial charge in [0.05, 0.1) is 0 Å². The number of carbonyl (C=O) groups is 2. The molecule has 0 spiro atoms. The first-order valence-electron chi connectivity index (χ1n) is 6.89. The summed E-state index contributed by atoms with van der Waals surface area (Å²) >= 11 is 0.